The van der Waals surface area contributed by atoms with Gasteiger partial charge in [-0.1, -0.05) is 26.0 Å². The second kappa shape index (κ2) is 10.2. The molecule has 2 N–H and O–H groups in total. The first-order valence-corrected chi connectivity index (χ1v) is 8.76. The van der Waals surface area contributed by atoms with E-state index < -0.39 is 12.1 Å². The smallest absolute Gasteiger partial charge is 0.407 e. The van der Waals surface area contributed by atoms with E-state index in [1.54, 1.807) is 30.5 Å². The molecule has 0 spiro atoms. The molecule has 1 aromatic carbocycles. The topological polar surface area (TPSA) is 89.5 Å². The average molecular weight is 371 g/mol. The third-order valence-electron chi connectivity index (χ3n) is 3.72. The van der Waals surface area contributed by atoms with Crippen LogP contribution in [0.15, 0.2) is 48.7 Å². The molecule has 1 heterocycles. The van der Waals surface area contributed by atoms with Crippen LogP contribution >= 0.6 is 0 Å². The van der Waals surface area contributed by atoms with Crippen LogP contribution in [0.4, 0.5) is 10.5 Å². The molecule has 144 valence electrons. The minimum Gasteiger partial charge on any atom is -0.487 e. The molecule has 0 aliphatic heterocycles. The Morgan fingerprint density at radius 1 is 1.15 bits per heavy atom. The van der Waals surface area contributed by atoms with Gasteiger partial charge in [0.05, 0.1) is 12.8 Å². The molecule has 1 unspecified atom stereocenters. The van der Waals surface area contributed by atoms with E-state index in [9.17, 15) is 9.59 Å². The third kappa shape index (κ3) is 6.97. The first kappa shape index (κ1) is 20.2. The summed E-state index contributed by atoms with van der Waals surface area (Å²) in [5, 5.41) is 5.38. The lowest BCUT2D eigenvalue weighted by Crippen LogP contribution is -2.44. The monoisotopic (exact) mass is 371 g/mol. The van der Waals surface area contributed by atoms with Gasteiger partial charge in [-0.3, -0.25) is 9.78 Å². The van der Waals surface area contributed by atoms with Gasteiger partial charge in [-0.05, 0) is 36.6 Å². The number of nitrogens with one attached hydrogen (secondary N) is 2. The molecule has 2 amide bonds. The zero-order valence-electron chi connectivity index (χ0n) is 15.8. The van der Waals surface area contributed by atoms with Gasteiger partial charge in [-0.2, -0.15) is 0 Å². The molecule has 0 saturated heterocycles. The normalized spacial score (nSPS) is 11.6. The van der Waals surface area contributed by atoms with Crippen LogP contribution in [0, 0.1) is 5.92 Å². The summed E-state index contributed by atoms with van der Waals surface area (Å²) < 4.78 is 10.3. The maximum Gasteiger partial charge on any atom is 0.407 e. The van der Waals surface area contributed by atoms with Crippen molar-refractivity contribution in [2.45, 2.75) is 32.9 Å². The Hall–Kier alpha value is -3.09. The molecule has 7 nitrogen and oxygen atoms in total. The van der Waals surface area contributed by atoms with E-state index in [-0.39, 0.29) is 11.8 Å². The highest BCUT2D eigenvalue weighted by atomic mass is 16.5. The van der Waals surface area contributed by atoms with Crippen molar-refractivity contribution in [1.29, 1.82) is 0 Å². The fraction of sp³-hybridized carbons (Fsp3) is 0.350. The number of alkyl carbamates (subject to hydrolysis) is 1. The number of ether oxygens (including phenoxy) is 2. The molecular weight excluding hydrogens is 346 g/mol. The Kier molecular flexibility index (Phi) is 7.61. The molecule has 0 aliphatic carbocycles. The molecule has 0 saturated carbocycles. The average Bonchev–Trinajstić information content (AvgIpc) is 2.66. The standard InChI is InChI=1S/C20H25N3O4/c1-14(2)11-18(23-20(25)26-3)19(24)22-15-8-6-9-17(12-15)27-13-16-7-4-5-10-21-16/h4-10,12,14,18H,11,13H2,1-3H3,(H,22,24)(H,23,25). The fourth-order valence-corrected chi connectivity index (χ4v) is 2.44. The lowest BCUT2D eigenvalue weighted by molar-refractivity contribution is -0.118. The van der Waals surface area contributed by atoms with E-state index >= 15 is 0 Å². The number of amides is 2. The highest BCUT2D eigenvalue weighted by Crippen LogP contribution is 2.19. The molecule has 0 bridgehead atoms. The number of carbonyl (C=O) groups is 2. The first-order valence-electron chi connectivity index (χ1n) is 8.76. The van der Waals surface area contributed by atoms with Gasteiger partial charge >= 0.3 is 6.09 Å². The van der Waals surface area contributed by atoms with E-state index in [2.05, 4.69) is 20.4 Å². The number of benzene rings is 1. The van der Waals surface area contributed by atoms with Gasteiger partial charge in [-0.25, -0.2) is 4.79 Å². The predicted octanol–water partition coefficient (Wildman–Crippen LogP) is 3.37. The quantitative estimate of drug-likeness (QED) is 0.743. The molecule has 0 fully saturated rings. The van der Waals surface area contributed by atoms with Crippen LogP contribution in [0.25, 0.3) is 0 Å². The number of rotatable bonds is 8. The predicted molar refractivity (Wildman–Crippen MR) is 102 cm³/mol. The van der Waals surface area contributed by atoms with E-state index in [4.69, 9.17) is 4.74 Å². The number of methoxy groups -OCH3 is 1. The summed E-state index contributed by atoms with van der Waals surface area (Å²) in [6, 6.07) is 12.0. The zero-order valence-corrected chi connectivity index (χ0v) is 15.8. The van der Waals surface area contributed by atoms with Crippen molar-refractivity contribution in [3.8, 4) is 5.75 Å². The fourth-order valence-electron chi connectivity index (χ4n) is 2.44. The largest absolute Gasteiger partial charge is 0.487 e. The van der Waals surface area contributed by atoms with Crippen molar-refractivity contribution in [2.75, 3.05) is 12.4 Å². The number of hydrogen-bond donors (Lipinski definition) is 2. The van der Waals surface area contributed by atoms with Gasteiger partial charge in [0.15, 0.2) is 0 Å². The highest BCUT2D eigenvalue weighted by Gasteiger charge is 2.22. The number of nitrogens with zero attached hydrogens (tertiary/aromatic N) is 1. The highest BCUT2D eigenvalue weighted by molar-refractivity contribution is 5.96. The Balaban J connectivity index is 2.00. The van der Waals surface area contributed by atoms with Crippen LogP contribution < -0.4 is 15.4 Å². The maximum absolute atomic E-state index is 12.6. The van der Waals surface area contributed by atoms with Gasteiger partial charge in [0.1, 0.15) is 18.4 Å². The Morgan fingerprint density at radius 2 is 1.96 bits per heavy atom. The summed E-state index contributed by atoms with van der Waals surface area (Å²) in [4.78, 5) is 28.3. The number of pyridine rings is 1. The summed E-state index contributed by atoms with van der Waals surface area (Å²) in [5.74, 6) is 0.529. The lowest BCUT2D eigenvalue weighted by atomic mass is 10.0. The van der Waals surface area contributed by atoms with Gasteiger partial charge in [0.2, 0.25) is 5.91 Å². The van der Waals surface area contributed by atoms with Crippen molar-refractivity contribution >= 4 is 17.7 Å². The van der Waals surface area contributed by atoms with Gasteiger partial charge in [0.25, 0.3) is 0 Å². The molecule has 0 aliphatic rings. The Labute approximate surface area is 159 Å². The van der Waals surface area contributed by atoms with Crippen molar-refractivity contribution in [1.82, 2.24) is 10.3 Å². The van der Waals surface area contributed by atoms with Crippen molar-refractivity contribution in [2.24, 2.45) is 5.92 Å². The van der Waals surface area contributed by atoms with Crippen LogP contribution in [-0.2, 0) is 16.1 Å². The Bertz CT molecular complexity index is 750. The number of anilines is 1. The summed E-state index contributed by atoms with van der Waals surface area (Å²) in [6.07, 6.45) is 1.57. The second-order valence-electron chi connectivity index (χ2n) is 6.44. The van der Waals surface area contributed by atoms with Crippen LogP contribution in [0.1, 0.15) is 26.0 Å². The summed E-state index contributed by atoms with van der Waals surface area (Å²) in [5.41, 5.74) is 1.39. The van der Waals surface area contributed by atoms with Gasteiger partial charge in [0, 0.05) is 18.0 Å². The number of aromatic nitrogens is 1. The van der Waals surface area contributed by atoms with Crippen molar-refractivity contribution in [3.05, 3.63) is 54.4 Å². The molecule has 0 radical (unpaired) electrons. The Morgan fingerprint density at radius 3 is 2.63 bits per heavy atom. The van der Waals surface area contributed by atoms with Gasteiger partial charge in [-0.15, -0.1) is 0 Å². The summed E-state index contributed by atoms with van der Waals surface area (Å²) in [6.45, 7) is 4.29. The molecule has 1 atom stereocenters. The van der Waals surface area contributed by atoms with E-state index in [1.165, 1.54) is 7.11 Å². The molecular formula is C20H25N3O4. The van der Waals surface area contributed by atoms with Gasteiger partial charge < -0.3 is 20.1 Å². The van der Waals surface area contributed by atoms with Crippen LogP contribution in [0.3, 0.4) is 0 Å². The van der Waals surface area contributed by atoms with Crippen LogP contribution in [0.5, 0.6) is 5.75 Å². The van der Waals surface area contributed by atoms with Crippen LogP contribution in [0.2, 0.25) is 0 Å². The van der Waals surface area contributed by atoms with E-state index in [0.717, 1.165) is 5.69 Å². The zero-order chi connectivity index (χ0) is 19.6. The summed E-state index contributed by atoms with van der Waals surface area (Å²) >= 11 is 0. The summed E-state index contributed by atoms with van der Waals surface area (Å²) in [7, 11) is 1.27. The lowest BCUT2D eigenvalue weighted by Gasteiger charge is -2.19. The SMILES string of the molecule is COC(=O)NC(CC(C)C)C(=O)Nc1cccc(OCc2ccccn2)c1. The molecule has 7 heteroatoms. The van der Waals surface area contributed by atoms with Crippen molar-refractivity contribution < 1.29 is 19.1 Å². The minimum absolute atomic E-state index is 0.228. The molecule has 27 heavy (non-hydrogen) atoms. The first-order chi connectivity index (χ1) is 13.0. The third-order valence-corrected chi connectivity index (χ3v) is 3.72. The minimum atomic E-state index is -0.685. The van der Waals surface area contributed by atoms with E-state index in [0.29, 0.717) is 24.5 Å². The maximum atomic E-state index is 12.6. The number of carbonyl (C=O) groups excluding carboxylic acids is 2. The molecule has 2 rings (SSSR count). The van der Waals surface area contributed by atoms with E-state index in [1.807, 2.05) is 32.0 Å². The van der Waals surface area contributed by atoms with Crippen molar-refractivity contribution in [3.63, 3.8) is 0 Å². The molecule has 2 aromatic rings. The number of hydrogen-bond acceptors (Lipinski definition) is 5. The van der Waals surface area contributed by atoms with Crippen LogP contribution in [-0.4, -0.2) is 30.1 Å². The molecule has 1 aromatic heterocycles. The second-order valence-corrected chi connectivity index (χ2v) is 6.44.